The van der Waals surface area contributed by atoms with Crippen LogP contribution in [0, 0.1) is 17.5 Å². The zero-order chi connectivity index (χ0) is 14.0. The minimum absolute atomic E-state index is 0.225. The highest BCUT2D eigenvalue weighted by Crippen LogP contribution is 2.19. The molecule has 0 radical (unpaired) electrons. The topological polar surface area (TPSA) is 58.2 Å². The van der Waals surface area contributed by atoms with Crippen LogP contribution in [0.3, 0.4) is 0 Å². The van der Waals surface area contributed by atoms with Crippen LogP contribution in [-0.4, -0.2) is 27.5 Å². The van der Waals surface area contributed by atoms with Gasteiger partial charge in [-0.1, -0.05) is 0 Å². The minimum Gasteiger partial charge on any atom is -0.315 e. The fraction of sp³-hybridized carbons (Fsp3) is 0.455. The van der Waals surface area contributed by atoms with Crippen molar-refractivity contribution in [3.05, 3.63) is 29.6 Å². The van der Waals surface area contributed by atoms with Gasteiger partial charge in [-0.2, -0.15) is 0 Å². The number of benzene rings is 1. The van der Waals surface area contributed by atoms with Crippen molar-refractivity contribution in [1.82, 2.24) is 10.0 Å². The van der Waals surface area contributed by atoms with Crippen molar-refractivity contribution in [3.63, 3.8) is 0 Å². The molecule has 0 saturated carbocycles. The van der Waals surface area contributed by atoms with Crippen LogP contribution >= 0.6 is 0 Å². The van der Waals surface area contributed by atoms with E-state index in [4.69, 9.17) is 0 Å². The zero-order valence-corrected chi connectivity index (χ0v) is 10.7. The first kappa shape index (κ1) is 14.3. The SMILES string of the molecule is O=S(=O)(N[C@H]1CCCNC1)c1cc(F)c(F)cc1F. The van der Waals surface area contributed by atoms with Gasteiger partial charge < -0.3 is 5.32 Å². The van der Waals surface area contributed by atoms with Gasteiger partial charge in [-0.05, 0) is 25.5 Å². The molecule has 106 valence electrons. The molecule has 1 aromatic carbocycles. The molecule has 1 aromatic rings. The largest absolute Gasteiger partial charge is 0.315 e. The van der Waals surface area contributed by atoms with Crippen molar-refractivity contribution in [1.29, 1.82) is 0 Å². The van der Waals surface area contributed by atoms with E-state index in [-0.39, 0.29) is 12.1 Å². The van der Waals surface area contributed by atoms with Gasteiger partial charge in [0.05, 0.1) is 0 Å². The molecule has 1 aliphatic heterocycles. The van der Waals surface area contributed by atoms with Crippen LogP contribution in [0.5, 0.6) is 0 Å². The quantitative estimate of drug-likeness (QED) is 0.822. The molecule has 0 aromatic heterocycles. The summed E-state index contributed by atoms with van der Waals surface area (Å²) in [6.45, 7) is 1.21. The molecule has 1 fully saturated rings. The lowest BCUT2D eigenvalue weighted by atomic mass is 10.1. The summed E-state index contributed by atoms with van der Waals surface area (Å²) in [5.41, 5.74) is 0. The first-order valence-electron chi connectivity index (χ1n) is 5.78. The third-order valence-electron chi connectivity index (χ3n) is 2.88. The first-order valence-corrected chi connectivity index (χ1v) is 7.26. The Morgan fingerprint density at radius 2 is 1.84 bits per heavy atom. The molecule has 1 atom stereocenters. The number of rotatable bonds is 3. The lowest BCUT2D eigenvalue weighted by molar-refractivity contribution is 0.426. The van der Waals surface area contributed by atoms with Crippen molar-refractivity contribution in [2.24, 2.45) is 0 Å². The number of hydrogen-bond donors (Lipinski definition) is 2. The zero-order valence-electron chi connectivity index (χ0n) is 9.92. The van der Waals surface area contributed by atoms with Crippen molar-refractivity contribution in [3.8, 4) is 0 Å². The second-order valence-corrected chi connectivity index (χ2v) is 6.04. The summed E-state index contributed by atoms with van der Waals surface area (Å²) in [5.74, 6) is -4.13. The van der Waals surface area contributed by atoms with E-state index in [1.807, 2.05) is 0 Å². The second kappa shape index (κ2) is 5.48. The van der Waals surface area contributed by atoms with Gasteiger partial charge in [0.2, 0.25) is 10.0 Å². The molecule has 8 heteroatoms. The molecular weight excluding hydrogens is 281 g/mol. The van der Waals surface area contributed by atoms with Crippen LogP contribution in [0.15, 0.2) is 17.0 Å². The summed E-state index contributed by atoms with van der Waals surface area (Å²) in [5, 5.41) is 2.99. The van der Waals surface area contributed by atoms with E-state index >= 15 is 0 Å². The highest BCUT2D eigenvalue weighted by Gasteiger charge is 2.26. The Labute approximate surface area is 109 Å². The third kappa shape index (κ3) is 3.26. The summed E-state index contributed by atoms with van der Waals surface area (Å²) in [6.07, 6.45) is 1.39. The predicted molar refractivity (Wildman–Crippen MR) is 62.5 cm³/mol. The smallest absolute Gasteiger partial charge is 0.243 e. The Hall–Kier alpha value is -1.12. The molecule has 1 heterocycles. The number of hydrogen-bond acceptors (Lipinski definition) is 3. The van der Waals surface area contributed by atoms with Gasteiger partial charge in [0, 0.05) is 18.7 Å². The third-order valence-corrected chi connectivity index (χ3v) is 4.42. The predicted octanol–water partition coefficient (Wildman–Crippen LogP) is 1.13. The maximum atomic E-state index is 13.4. The molecule has 0 spiro atoms. The van der Waals surface area contributed by atoms with Gasteiger partial charge in [0.25, 0.3) is 0 Å². The lowest BCUT2D eigenvalue weighted by Crippen LogP contribution is -2.45. The van der Waals surface area contributed by atoms with Crippen LogP contribution < -0.4 is 10.0 Å². The summed E-state index contributed by atoms with van der Waals surface area (Å²) in [7, 11) is -4.20. The van der Waals surface area contributed by atoms with Gasteiger partial charge >= 0.3 is 0 Å². The molecule has 2 rings (SSSR count). The number of halogens is 3. The molecule has 0 unspecified atom stereocenters. The Bertz CT molecular complexity index is 572. The van der Waals surface area contributed by atoms with Crippen LogP contribution in [0.25, 0.3) is 0 Å². The molecule has 0 amide bonds. The average Bonchev–Trinajstić information content (AvgIpc) is 2.34. The lowest BCUT2D eigenvalue weighted by Gasteiger charge is -2.23. The molecule has 2 N–H and O–H groups in total. The maximum absolute atomic E-state index is 13.4. The van der Waals surface area contributed by atoms with Crippen LogP contribution in [-0.2, 0) is 10.0 Å². The Morgan fingerprint density at radius 1 is 1.16 bits per heavy atom. The van der Waals surface area contributed by atoms with Crippen LogP contribution in [0.2, 0.25) is 0 Å². The molecule has 1 saturated heterocycles. The Balaban J connectivity index is 2.26. The standard InChI is InChI=1S/C11H13F3N2O2S/c12-8-4-10(14)11(5-9(8)13)19(17,18)16-7-2-1-3-15-6-7/h4-5,7,15-16H,1-3,6H2/t7-/m0/s1. The summed E-state index contributed by atoms with van der Waals surface area (Å²) < 4.78 is 65.3. The van der Waals surface area contributed by atoms with Gasteiger partial charge in [0.15, 0.2) is 11.6 Å². The average molecular weight is 294 g/mol. The Kier molecular flexibility index (Phi) is 4.12. The molecule has 0 aliphatic carbocycles. The van der Waals surface area contributed by atoms with E-state index < -0.39 is 32.4 Å². The van der Waals surface area contributed by atoms with Crippen LogP contribution in [0.1, 0.15) is 12.8 Å². The van der Waals surface area contributed by atoms with E-state index in [0.717, 1.165) is 13.0 Å². The van der Waals surface area contributed by atoms with Gasteiger partial charge in [-0.3, -0.25) is 0 Å². The monoisotopic (exact) mass is 294 g/mol. The van der Waals surface area contributed by atoms with Crippen molar-refractivity contribution in [2.75, 3.05) is 13.1 Å². The van der Waals surface area contributed by atoms with Crippen molar-refractivity contribution < 1.29 is 21.6 Å². The number of sulfonamides is 1. The highest BCUT2D eigenvalue weighted by molar-refractivity contribution is 7.89. The van der Waals surface area contributed by atoms with Gasteiger partial charge in [-0.25, -0.2) is 26.3 Å². The maximum Gasteiger partial charge on any atom is 0.243 e. The molecule has 1 aliphatic rings. The van der Waals surface area contributed by atoms with E-state index in [2.05, 4.69) is 10.0 Å². The fourth-order valence-corrected chi connectivity index (χ4v) is 3.29. The number of piperidine rings is 1. The van der Waals surface area contributed by atoms with Crippen molar-refractivity contribution >= 4 is 10.0 Å². The highest BCUT2D eigenvalue weighted by atomic mass is 32.2. The number of nitrogens with one attached hydrogen (secondary N) is 2. The minimum atomic E-state index is -4.20. The van der Waals surface area contributed by atoms with Crippen molar-refractivity contribution in [2.45, 2.75) is 23.8 Å². The normalized spacial score (nSPS) is 20.5. The van der Waals surface area contributed by atoms with E-state index in [1.54, 1.807) is 0 Å². The van der Waals surface area contributed by atoms with Gasteiger partial charge in [0.1, 0.15) is 10.7 Å². The summed E-state index contributed by atoms with van der Waals surface area (Å²) >= 11 is 0. The second-order valence-electron chi connectivity index (χ2n) is 4.36. The summed E-state index contributed by atoms with van der Waals surface area (Å²) in [6, 6.07) is 0.193. The summed E-state index contributed by atoms with van der Waals surface area (Å²) in [4.78, 5) is -0.878. The van der Waals surface area contributed by atoms with E-state index in [9.17, 15) is 21.6 Å². The molecule has 4 nitrogen and oxygen atoms in total. The first-order chi connectivity index (χ1) is 8.90. The molecular formula is C11H13F3N2O2S. The van der Waals surface area contributed by atoms with E-state index in [0.29, 0.717) is 19.0 Å². The van der Waals surface area contributed by atoms with Crippen LogP contribution in [0.4, 0.5) is 13.2 Å². The van der Waals surface area contributed by atoms with E-state index in [1.165, 1.54) is 0 Å². The molecule has 0 bridgehead atoms. The fourth-order valence-electron chi connectivity index (χ4n) is 1.95. The Morgan fingerprint density at radius 3 is 2.47 bits per heavy atom. The molecule has 19 heavy (non-hydrogen) atoms. The van der Waals surface area contributed by atoms with Gasteiger partial charge in [-0.15, -0.1) is 0 Å².